The van der Waals surface area contributed by atoms with Crippen molar-refractivity contribution < 1.29 is 5.11 Å². The lowest BCUT2D eigenvalue weighted by molar-refractivity contribution is 0.397. The lowest BCUT2D eigenvalue weighted by Gasteiger charge is -2.21. The molecule has 0 aliphatic rings. The highest BCUT2D eigenvalue weighted by molar-refractivity contribution is 5.53. The fraction of sp³-hybridized carbons (Fsp3) is 0.600. The number of hydrogen-bond acceptors (Lipinski definition) is 3. The zero-order valence-corrected chi connectivity index (χ0v) is 12.1. The summed E-state index contributed by atoms with van der Waals surface area (Å²) in [6.45, 7) is 7.25. The summed E-state index contributed by atoms with van der Waals surface area (Å²) in [4.78, 5) is 4.41. The third kappa shape index (κ3) is 4.22. The summed E-state index contributed by atoms with van der Waals surface area (Å²) in [5.41, 5.74) is 2.15. The summed E-state index contributed by atoms with van der Waals surface area (Å²) in [6.07, 6.45) is 2.01. The Morgan fingerprint density at radius 2 is 1.78 bits per heavy atom. The first-order valence-corrected chi connectivity index (χ1v) is 6.80. The third-order valence-electron chi connectivity index (χ3n) is 3.25. The number of phenolic OH excluding ortho intramolecular Hbond substituents is 1. The smallest absolute Gasteiger partial charge is 0.120 e. The van der Waals surface area contributed by atoms with Gasteiger partial charge in [-0.15, -0.1) is 0 Å². The first-order chi connectivity index (χ1) is 8.58. The zero-order chi connectivity index (χ0) is 13.5. The van der Waals surface area contributed by atoms with E-state index >= 15 is 0 Å². The maximum absolute atomic E-state index is 10.1. The minimum Gasteiger partial charge on any atom is -0.508 e. The predicted molar refractivity (Wildman–Crippen MR) is 78.5 cm³/mol. The Bertz CT molecular complexity index is 360. The Labute approximate surface area is 111 Å². The Kier molecular flexibility index (Phi) is 5.99. The SMILES string of the molecule is CCN(CC)c1ccc(CCCN(C)C)c(O)c1. The van der Waals surface area contributed by atoms with E-state index in [1.54, 1.807) is 0 Å². The molecule has 1 N–H and O–H groups in total. The van der Waals surface area contributed by atoms with E-state index in [-0.39, 0.29) is 0 Å². The van der Waals surface area contributed by atoms with Crippen LogP contribution < -0.4 is 4.90 Å². The number of rotatable bonds is 7. The van der Waals surface area contributed by atoms with E-state index in [9.17, 15) is 5.11 Å². The van der Waals surface area contributed by atoms with E-state index < -0.39 is 0 Å². The number of aryl methyl sites for hydroxylation is 1. The van der Waals surface area contributed by atoms with Gasteiger partial charge in [0.05, 0.1) is 0 Å². The van der Waals surface area contributed by atoms with Crippen molar-refractivity contribution in [2.24, 2.45) is 0 Å². The van der Waals surface area contributed by atoms with E-state index in [1.165, 1.54) is 0 Å². The van der Waals surface area contributed by atoms with Crippen molar-refractivity contribution in [2.45, 2.75) is 26.7 Å². The molecule has 0 aromatic heterocycles. The number of anilines is 1. The van der Waals surface area contributed by atoms with Crippen LogP contribution in [0, 0.1) is 0 Å². The van der Waals surface area contributed by atoms with E-state index in [1.807, 2.05) is 6.07 Å². The summed E-state index contributed by atoms with van der Waals surface area (Å²) in [7, 11) is 4.15. The second-order valence-corrected chi connectivity index (χ2v) is 4.89. The van der Waals surface area contributed by atoms with E-state index in [0.717, 1.165) is 43.7 Å². The molecule has 1 aromatic carbocycles. The van der Waals surface area contributed by atoms with E-state index in [2.05, 4.69) is 49.9 Å². The highest BCUT2D eigenvalue weighted by atomic mass is 16.3. The Balaban J connectivity index is 2.67. The van der Waals surface area contributed by atoms with Gasteiger partial charge in [0.2, 0.25) is 0 Å². The molecule has 102 valence electrons. The Morgan fingerprint density at radius 3 is 2.28 bits per heavy atom. The molecule has 0 saturated heterocycles. The van der Waals surface area contributed by atoms with E-state index in [0.29, 0.717) is 5.75 Å². The van der Waals surface area contributed by atoms with Crippen LogP contribution in [0.1, 0.15) is 25.8 Å². The second kappa shape index (κ2) is 7.27. The van der Waals surface area contributed by atoms with Gasteiger partial charge in [-0.2, -0.15) is 0 Å². The molecule has 1 rings (SSSR count). The van der Waals surface area contributed by atoms with Gasteiger partial charge in [0.1, 0.15) is 5.75 Å². The average Bonchev–Trinajstić information content (AvgIpc) is 2.33. The van der Waals surface area contributed by atoms with Crippen LogP contribution in [0.4, 0.5) is 5.69 Å². The van der Waals surface area contributed by atoms with Gasteiger partial charge in [0, 0.05) is 24.8 Å². The average molecular weight is 250 g/mol. The molecule has 0 amide bonds. The molecule has 0 radical (unpaired) electrons. The van der Waals surface area contributed by atoms with Crippen LogP contribution in [0.5, 0.6) is 5.75 Å². The fourth-order valence-electron chi connectivity index (χ4n) is 2.13. The van der Waals surface area contributed by atoms with Crippen LogP contribution in [-0.2, 0) is 6.42 Å². The van der Waals surface area contributed by atoms with Gasteiger partial charge >= 0.3 is 0 Å². The lowest BCUT2D eigenvalue weighted by Crippen LogP contribution is -2.21. The van der Waals surface area contributed by atoms with Gasteiger partial charge in [-0.3, -0.25) is 0 Å². The summed E-state index contributed by atoms with van der Waals surface area (Å²) >= 11 is 0. The summed E-state index contributed by atoms with van der Waals surface area (Å²) in [5, 5.41) is 10.1. The second-order valence-electron chi connectivity index (χ2n) is 4.89. The van der Waals surface area contributed by atoms with Crippen molar-refractivity contribution >= 4 is 5.69 Å². The molecular weight excluding hydrogens is 224 g/mol. The topological polar surface area (TPSA) is 26.7 Å². The van der Waals surface area contributed by atoms with Gasteiger partial charge in [-0.05, 0) is 59.0 Å². The molecule has 0 heterocycles. The highest BCUT2D eigenvalue weighted by Crippen LogP contribution is 2.25. The molecule has 18 heavy (non-hydrogen) atoms. The van der Waals surface area contributed by atoms with Crippen molar-refractivity contribution in [3.05, 3.63) is 23.8 Å². The first-order valence-electron chi connectivity index (χ1n) is 6.80. The highest BCUT2D eigenvalue weighted by Gasteiger charge is 2.06. The van der Waals surface area contributed by atoms with Crippen LogP contribution in [0.2, 0.25) is 0 Å². The predicted octanol–water partition coefficient (Wildman–Crippen LogP) is 2.73. The number of benzene rings is 1. The minimum absolute atomic E-state index is 0.429. The van der Waals surface area contributed by atoms with Crippen LogP contribution in [0.3, 0.4) is 0 Å². The molecule has 0 fully saturated rings. The Morgan fingerprint density at radius 1 is 1.11 bits per heavy atom. The number of hydrogen-bond donors (Lipinski definition) is 1. The van der Waals surface area contributed by atoms with E-state index in [4.69, 9.17) is 0 Å². The van der Waals surface area contributed by atoms with Crippen molar-refractivity contribution in [1.82, 2.24) is 4.90 Å². The molecule has 0 unspecified atom stereocenters. The molecule has 0 aliphatic heterocycles. The molecule has 0 aliphatic carbocycles. The Hall–Kier alpha value is -1.22. The normalized spacial score (nSPS) is 10.9. The number of phenols is 1. The van der Waals surface area contributed by atoms with Gasteiger partial charge in [-0.1, -0.05) is 6.07 Å². The summed E-state index contributed by atoms with van der Waals surface area (Å²) in [5.74, 6) is 0.429. The van der Waals surface area contributed by atoms with Gasteiger partial charge < -0.3 is 14.9 Å². The molecule has 0 bridgehead atoms. The monoisotopic (exact) mass is 250 g/mol. The van der Waals surface area contributed by atoms with Crippen LogP contribution in [-0.4, -0.2) is 43.7 Å². The van der Waals surface area contributed by atoms with Crippen molar-refractivity contribution in [3.63, 3.8) is 0 Å². The van der Waals surface area contributed by atoms with Crippen molar-refractivity contribution in [2.75, 3.05) is 38.6 Å². The maximum atomic E-state index is 10.1. The largest absolute Gasteiger partial charge is 0.508 e. The fourth-order valence-corrected chi connectivity index (χ4v) is 2.13. The van der Waals surface area contributed by atoms with Crippen molar-refractivity contribution in [1.29, 1.82) is 0 Å². The maximum Gasteiger partial charge on any atom is 0.120 e. The molecule has 0 spiro atoms. The summed E-state index contributed by atoms with van der Waals surface area (Å²) in [6, 6.07) is 6.05. The molecular formula is C15H26N2O. The molecule has 3 heteroatoms. The van der Waals surface area contributed by atoms with Crippen LogP contribution in [0.15, 0.2) is 18.2 Å². The molecule has 0 saturated carbocycles. The molecule has 1 aromatic rings. The quantitative estimate of drug-likeness (QED) is 0.806. The third-order valence-corrected chi connectivity index (χ3v) is 3.25. The van der Waals surface area contributed by atoms with Gasteiger partial charge in [0.25, 0.3) is 0 Å². The van der Waals surface area contributed by atoms with Crippen LogP contribution >= 0.6 is 0 Å². The van der Waals surface area contributed by atoms with Crippen molar-refractivity contribution in [3.8, 4) is 5.75 Å². The molecule has 0 atom stereocenters. The lowest BCUT2D eigenvalue weighted by atomic mass is 10.1. The standard InChI is InChI=1S/C15H26N2O/c1-5-17(6-2)14-10-9-13(15(18)12-14)8-7-11-16(3)4/h9-10,12,18H,5-8,11H2,1-4H3. The number of nitrogens with zero attached hydrogens (tertiary/aromatic N) is 2. The van der Waals surface area contributed by atoms with Crippen LogP contribution in [0.25, 0.3) is 0 Å². The van der Waals surface area contributed by atoms with Gasteiger partial charge in [0.15, 0.2) is 0 Å². The van der Waals surface area contributed by atoms with Gasteiger partial charge in [-0.25, -0.2) is 0 Å². The summed E-state index contributed by atoms with van der Waals surface area (Å²) < 4.78 is 0. The number of aromatic hydroxyl groups is 1. The molecule has 3 nitrogen and oxygen atoms in total. The minimum atomic E-state index is 0.429. The first kappa shape index (κ1) is 14.8. The zero-order valence-electron chi connectivity index (χ0n) is 12.1.